The van der Waals surface area contributed by atoms with E-state index in [1.165, 1.54) is 12.2 Å². The lowest BCUT2D eigenvalue weighted by molar-refractivity contribution is -0.146. The van der Waals surface area contributed by atoms with Crippen molar-refractivity contribution in [2.75, 3.05) is 0 Å². The van der Waals surface area contributed by atoms with E-state index in [2.05, 4.69) is 5.32 Å². The van der Waals surface area contributed by atoms with E-state index in [1.54, 1.807) is 0 Å². The number of benzene rings is 1. The highest BCUT2D eigenvalue weighted by Crippen LogP contribution is 2.04. The summed E-state index contributed by atoms with van der Waals surface area (Å²) >= 11 is 0. The Balaban J connectivity index is 2.63. The third-order valence-electron chi connectivity index (χ3n) is 2.50. The molecular weight excluding hydrogens is 262 g/mol. The first kappa shape index (κ1) is 15.4. The lowest BCUT2D eigenvalue weighted by Gasteiger charge is -2.10. The van der Waals surface area contributed by atoms with Gasteiger partial charge in [-0.1, -0.05) is 29.8 Å². The molecule has 3 N–H and O–H groups in total. The van der Waals surface area contributed by atoms with E-state index in [1.807, 2.05) is 31.2 Å². The summed E-state index contributed by atoms with van der Waals surface area (Å²) in [6.45, 7) is 1.93. The summed E-state index contributed by atoms with van der Waals surface area (Å²) in [6, 6.07) is 5.93. The SMILES string of the molecule is Cc1ccc(/C=C/C(=O)N[C@H](CC(=O)O)C(=O)O)cc1. The third kappa shape index (κ3) is 5.34. The molecular formula is C14H15NO5. The molecule has 0 fully saturated rings. The summed E-state index contributed by atoms with van der Waals surface area (Å²) in [4.78, 5) is 32.8. The Morgan fingerprint density at radius 2 is 1.80 bits per heavy atom. The Morgan fingerprint density at radius 3 is 2.30 bits per heavy atom. The van der Waals surface area contributed by atoms with E-state index in [9.17, 15) is 14.4 Å². The van der Waals surface area contributed by atoms with Crippen LogP contribution >= 0.6 is 0 Å². The zero-order chi connectivity index (χ0) is 15.1. The molecule has 0 saturated heterocycles. The van der Waals surface area contributed by atoms with E-state index in [-0.39, 0.29) is 0 Å². The van der Waals surface area contributed by atoms with Gasteiger partial charge in [0.05, 0.1) is 6.42 Å². The summed E-state index contributed by atoms with van der Waals surface area (Å²) in [5.74, 6) is -3.33. The molecule has 0 heterocycles. The first-order valence-electron chi connectivity index (χ1n) is 5.88. The smallest absolute Gasteiger partial charge is 0.326 e. The van der Waals surface area contributed by atoms with E-state index in [0.29, 0.717) is 0 Å². The molecule has 0 aliphatic rings. The number of carbonyl (C=O) groups is 3. The number of nitrogens with one attached hydrogen (secondary N) is 1. The number of hydrogen-bond acceptors (Lipinski definition) is 3. The van der Waals surface area contributed by atoms with Gasteiger partial charge in [0, 0.05) is 6.08 Å². The van der Waals surface area contributed by atoms with E-state index in [4.69, 9.17) is 10.2 Å². The third-order valence-corrected chi connectivity index (χ3v) is 2.50. The number of carboxylic acid groups (broad SMARTS) is 2. The van der Waals surface area contributed by atoms with Crippen molar-refractivity contribution in [2.45, 2.75) is 19.4 Å². The molecule has 106 valence electrons. The Bertz CT molecular complexity index is 533. The maximum Gasteiger partial charge on any atom is 0.326 e. The minimum absolute atomic E-state index is 0.653. The predicted molar refractivity (Wildman–Crippen MR) is 72.0 cm³/mol. The predicted octanol–water partition coefficient (Wildman–Crippen LogP) is 1.05. The van der Waals surface area contributed by atoms with Crippen LogP contribution in [0, 0.1) is 6.92 Å². The Hall–Kier alpha value is -2.63. The van der Waals surface area contributed by atoms with Gasteiger partial charge in [0.15, 0.2) is 0 Å². The normalized spacial score (nSPS) is 12.1. The second-order valence-corrected chi connectivity index (χ2v) is 4.24. The monoisotopic (exact) mass is 277 g/mol. The molecule has 0 aromatic heterocycles. The number of carbonyl (C=O) groups excluding carboxylic acids is 1. The van der Waals surface area contributed by atoms with Gasteiger partial charge in [0.25, 0.3) is 0 Å². The second kappa shape index (κ2) is 7.08. The maximum absolute atomic E-state index is 11.5. The van der Waals surface area contributed by atoms with Crippen molar-refractivity contribution in [1.29, 1.82) is 0 Å². The van der Waals surface area contributed by atoms with Gasteiger partial charge in [-0.25, -0.2) is 4.79 Å². The second-order valence-electron chi connectivity index (χ2n) is 4.24. The molecule has 0 spiro atoms. The fourth-order valence-electron chi connectivity index (χ4n) is 1.44. The molecule has 0 aliphatic heterocycles. The molecule has 1 amide bonds. The van der Waals surface area contributed by atoms with Gasteiger partial charge in [-0.3, -0.25) is 9.59 Å². The van der Waals surface area contributed by atoms with Crippen molar-refractivity contribution >= 4 is 23.9 Å². The molecule has 0 aliphatic carbocycles. The summed E-state index contributed by atoms with van der Waals surface area (Å²) in [5, 5.41) is 19.5. The molecule has 0 unspecified atom stereocenters. The zero-order valence-corrected chi connectivity index (χ0v) is 10.9. The standard InChI is InChI=1S/C14H15NO5/c1-9-2-4-10(5-3-9)6-7-12(16)15-11(14(19)20)8-13(17)18/h2-7,11H,8H2,1H3,(H,15,16)(H,17,18)(H,19,20)/b7-6+/t11-/m1/s1. The minimum Gasteiger partial charge on any atom is -0.481 e. The maximum atomic E-state index is 11.5. The zero-order valence-electron chi connectivity index (χ0n) is 10.9. The fourth-order valence-corrected chi connectivity index (χ4v) is 1.44. The number of aliphatic carboxylic acids is 2. The lowest BCUT2D eigenvalue weighted by Crippen LogP contribution is -2.41. The van der Waals surface area contributed by atoms with Gasteiger partial charge >= 0.3 is 11.9 Å². The van der Waals surface area contributed by atoms with Crippen molar-refractivity contribution in [3.8, 4) is 0 Å². The quantitative estimate of drug-likeness (QED) is 0.674. The Morgan fingerprint density at radius 1 is 1.20 bits per heavy atom. The molecule has 0 saturated carbocycles. The molecule has 20 heavy (non-hydrogen) atoms. The first-order chi connectivity index (χ1) is 9.38. The van der Waals surface area contributed by atoms with Gasteiger partial charge in [0.2, 0.25) is 5.91 Å². The van der Waals surface area contributed by atoms with Gasteiger partial charge in [-0.15, -0.1) is 0 Å². The van der Waals surface area contributed by atoms with Crippen LogP contribution in [0.4, 0.5) is 0 Å². The minimum atomic E-state index is -1.44. The molecule has 1 aromatic carbocycles. The van der Waals surface area contributed by atoms with Gasteiger partial charge in [-0.05, 0) is 18.6 Å². The topological polar surface area (TPSA) is 104 Å². The highest BCUT2D eigenvalue weighted by atomic mass is 16.4. The Kier molecular flexibility index (Phi) is 5.46. The summed E-state index contributed by atoms with van der Waals surface area (Å²) in [6.07, 6.45) is 2.02. The number of rotatable bonds is 6. The van der Waals surface area contributed by atoms with Crippen molar-refractivity contribution in [2.24, 2.45) is 0 Å². The number of aryl methyl sites for hydroxylation is 1. The van der Waals surface area contributed by atoms with Crippen LogP contribution in [-0.4, -0.2) is 34.1 Å². The average molecular weight is 277 g/mol. The molecule has 6 nitrogen and oxygen atoms in total. The molecule has 1 aromatic rings. The average Bonchev–Trinajstić information content (AvgIpc) is 2.36. The number of carboxylic acids is 2. The van der Waals surface area contributed by atoms with Gasteiger partial charge < -0.3 is 15.5 Å². The molecule has 6 heteroatoms. The molecule has 1 atom stereocenters. The molecule has 0 bridgehead atoms. The summed E-state index contributed by atoms with van der Waals surface area (Å²) in [5.41, 5.74) is 1.87. The fraction of sp³-hybridized carbons (Fsp3) is 0.214. The van der Waals surface area contributed by atoms with Crippen LogP contribution < -0.4 is 5.32 Å². The van der Waals surface area contributed by atoms with Crippen LogP contribution in [0.5, 0.6) is 0 Å². The largest absolute Gasteiger partial charge is 0.481 e. The van der Waals surface area contributed by atoms with Crippen LogP contribution in [0.25, 0.3) is 6.08 Å². The number of hydrogen-bond donors (Lipinski definition) is 3. The van der Waals surface area contributed by atoms with Crippen LogP contribution in [0.15, 0.2) is 30.3 Å². The van der Waals surface area contributed by atoms with Crippen molar-refractivity contribution in [3.63, 3.8) is 0 Å². The van der Waals surface area contributed by atoms with E-state index >= 15 is 0 Å². The number of amides is 1. The van der Waals surface area contributed by atoms with Gasteiger partial charge in [0.1, 0.15) is 6.04 Å². The highest BCUT2D eigenvalue weighted by molar-refractivity contribution is 5.95. The lowest BCUT2D eigenvalue weighted by atomic mass is 10.1. The van der Waals surface area contributed by atoms with Crippen LogP contribution in [0.3, 0.4) is 0 Å². The highest BCUT2D eigenvalue weighted by Gasteiger charge is 2.21. The molecule has 1 rings (SSSR count). The molecule has 0 radical (unpaired) electrons. The van der Waals surface area contributed by atoms with Crippen molar-refractivity contribution in [3.05, 3.63) is 41.5 Å². The summed E-state index contributed by atoms with van der Waals surface area (Å²) in [7, 11) is 0. The first-order valence-corrected chi connectivity index (χ1v) is 5.88. The van der Waals surface area contributed by atoms with Crippen LogP contribution in [0.1, 0.15) is 17.5 Å². The summed E-state index contributed by atoms with van der Waals surface area (Å²) < 4.78 is 0. The Labute approximate surface area is 115 Å². The van der Waals surface area contributed by atoms with E-state index in [0.717, 1.165) is 11.1 Å². The van der Waals surface area contributed by atoms with Crippen molar-refractivity contribution in [1.82, 2.24) is 5.32 Å². The van der Waals surface area contributed by atoms with E-state index < -0.39 is 30.3 Å². The van der Waals surface area contributed by atoms with Crippen molar-refractivity contribution < 1.29 is 24.6 Å². The van der Waals surface area contributed by atoms with Crippen LogP contribution in [0.2, 0.25) is 0 Å². The van der Waals surface area contributed by atoms with Crippen LogP contribution in [-0.2, 0) is 14.4 Å². The van der Waals surface area contributed by atoms with Gasteiger partial charge in [-0.2, -0.15) is 0 Å².